The molecule has 0 aliphatic heterocycles. The van der Waals surface area contributed by atoms with Crippen LogP contribution in [0.25, 0.3) is 11.0 Å². The standard InChI is InChI=1S/C16H13F2N3O2/c1-20-13-6-4-10(8-14(13)21(2)16(20)23)19-15(22)9-3-5-11(17)12(18)7-9/h3-8H,1-2H3,(H,19,22). The number of benzene rings is 2. The summed E-state index contributed by atoms with van der Waals surface area (Å²) in [4.78, 5) is 24.0. The van der Waals surface area contributed by atoms with Crippen molar-refractivity contribution < 1.29 is 13.6 Å². The van der Waals surface area contributed by atoms with Gasteiger partial charge in [-0.25, -0.2) is 13.6 Å². The number of aryl methyl sites for hydroxylation is 2. The molecule has 0 spiro atoms. The molecule has 3 rings (SSSR count). The number of amides is 1. The lowest BCUT2D eigenvalue weighted by Gasteiger charge is -2.06. The minimum Gasteiger partial charge on any atom is -0.322 e. The molecule has 0 radical (unpaired) electrons. The first-order valence-electron chi connectivity index (χ1n) is 6.80. The number of carbonyl (C=O) groups excluding carboxylic acids is 1. The van der Waals surface area contributed by atoms with Gasteiger partial charge >= 0.3 is 5.69 Å². The summed E-state index contributed by atoms with van der Waals surface area (Å²) in [6.07, 6.45) is 0. The van der Waals surface area contributed by atoms with Crippen molar-refractivity contribution >= 4 is 22.6 Å². The summed E-state index contributed by atoms with van der Waals surface area (Å²) < 4.78 is 29.1. The summed E-state index contributed by atoms with van der Waals surface area (Å²) in [6, 6.07) is 7.92. The molecule has 0 atom stereocenters. The van der Waals surface area contributed by atoms with Gasteiger partial charge in [-0.15, -0.1) is 0 Å². The fraction of sp³-hybridized carbons (Fsp3) is 0.125. The Morgan fingerprint density at radius 2 is 1.65 bits per heavy atom. The van der Waals surface area contributed by atoms with Crippen molar-refractivity contribution in [1.29, 1.82) is 0 Å². The van der Waals surface area contributed by atoms with Crippen LogP contribution >= 0.6 is 0 Å². The van der Waals surface area contributed by atoms with Crippen LogP contribution in [0.1, 0.15) is 10.4 Å². The first kappa shape index (κ1) is 15.0. The van der Waals surface area contributed by atoms with E-state index < -0.39 is 17.5 Å². The minimum atomic E-state index is -1.08. The third kappa shape index (κ3) is 2.50. The Labute approximate surface area is 129 Å². The number of hydrogen-bond donors (Lipinski definition) is 1. The van der Waals surface area contributed by atoms with E-state index in [2.05, 4.69) is 5.32 Å². The molecular weight excluding hydrogens is 304 g/mol. The number of rotatable bonds is 2. The molecule has 3 aromatic rings. The van der Waals surface area contributed by atoms with Crippen molar-refractivity contribution in [2.24, 2.45) is 14.1 Å². The second-order valence-corrected chi connectivity index (χ2v) is 5.19. The van der Waals surface area contributed by atoms with Crippen molar-refractivity contribution in [1.82, 2.24) is 9.13 Å². The number of halogens is 2. The summed E-state index contributed by atoms with van der Waals surface area (Å²) in [5, 5.41) is 2.60. The molecule has 0 saturated heterocycles. The van der Waals surface area contributed by atoms with E-state index >= 15 is 0 Å². The Hall–Kier alpha value is -2.96. The van der Waals surface area contributed by atoms with Crippen LogP contribution in [-0.2, 0) is 14.1 Å². The molecule has 0 fully saturated rings. The lowest BCUT2D eigenvalue weighted by molar-refractivity contribution is 0.102. The highest BCUT2D eigenvalue weighted by Gasteiger charge is 2.12. The largest absolute Gasteiger partial charge is 0.328 e. The van der Waals surface area contributed by atoms with Gasteiger partial charge < -0.3 is 5.32 Å². The van der Waals surface area contributed by atoms with Crippen LogP contribution in [0.5, 0.6) is 0 Å². The van der Waals surface area contributed by atoms with Crippen LogP contribution in [0.4, 0.5) is 14.5 Å². The highest BCUT2D eigenvalue weighted by atomic mass is 19.2. The summed E-state index contributed by atoms with van der Waals surface area (Å²) in [6.45, 7) is 0. The van der Waals surface area contributed by atoms with Crippen LogP contribution in [0.15, 0.2) is 41.2 Å². The van der Waals surface area contributed by atoms with Gasteiger partial charge in [0, 0.05) is 25.3 Å². The number of fused-ring (bicyclic) bond motifs is 1. The van der Waals surface area contributed by atoms with Gasteiger partial charge in [-0.05, 0) is 36.4 Å². The SMILES string of the molecule is Cn1c(=O)n(C)c2cc(NC(=O)c3ccc(F)c(F)c3)ccc21. The summed E-state index contributed by atoms with van der Waals surface area (Å²) in [7, 11) is 3.29. The molecule has 0 aliphatic carbocycles. The molecule has 2 aromatic carbocycles. The topological polar surface area (TPSA) is 56.0 Å². The Morgan fingerprint density at radius 1 is 0.957 bits per heavy atom. The van der Waals surface area contributed by atoms with Crippen LogP contribution in [0, 0.1) is 11.6 Å². The van der Waals surface area contributed by atoms with E-state index in [-0.39, 0.29) is 11.3 Å². The Morgan fingerprint density at radius 3 is 2.35 bits per heavy atom. The van der Waals surface area contributed by atoms with Crippen LogP contribution < -0.4 is 11.0 Å². The molecule has 23 heavy (non-hydrogen) atoms. The maximum absolute atomic E-state index is 13.2. The first-order chi connectivity index (χ1) is 10.9. The van der Waals surface area contributed by atoms with Crippen LogP contribution in [0.3, 0.4) is 0 Å². The molecule has 0 bridgehead atoms. The zero-order valence-electron chi connectivity index (χ0n) is 12.4. The number of anilines is 1. The Bertz CT molecular complexity index is 989. The fourth-order valence-corrected chi connectivity index (χ4v) is 2.43. The van der Waals surface area contributed by atoms with Gasteiger partial charge in [0.25, 0.3) is 5.91 Å². The minimum absolute atomic E-state index is 0.00551. The second-order valence-electron chi connectivity index (χ2n) is 5.19. The van der Waals surface area contributed by atoms with E-state index in [9.17, 15) is 18.4 Å². The summed E-state index contributed by atoms with van der Waals surface area (Å²) in [5.41, 5.74) is 1.66. The van der Waals surface area contributed by atoms with Crippen molar-refractivity contribution in [3.05, 3.63) is 64.1 Å². The van der Waals surface area contributed by atoms with Gasteiger partial charge in [0.05, 0.1) is 11.0 Å². The van der Waals surface area contributed by atoms with Crippen molar-refractivity contribution in [2.45, 2.75) is 0 Å². The molecule has 0 saturated carbocycles. The molecular formula is C16H13F2N3O2. The number of nitrogens with one attached hydrogen (secondary N) is 1. The zero-order valence-corrected chi connectivity index (χ0v) is 12.4. The maximum Gasteiger partial charge on any atom is 0.328 e. The Kier molecular flexibility index (Phi) is 3.48. The average Bonchev–Trinajstić information content (AvgIpc) is 2.74. The van der Waals surface area contributed by atoms with E-state index in [0.29, 0.717) is 11.2 Å². The van der Waals surface area contributed by atoms with Crippen molar-refractivity contribution in [3.8, 4) is 0 Å². The lowest BCUT2D eigenvalue weighted by Crippen LogP contribution is -2.19. The van der Waals surface area contributed by atoms with E-state index in [1.807, 2.05) is 0 Å². The summed E-state index contributed by atoms with van der Waals surface area (Å²) in [5.74, 6) is -2.66. The smallest absolute Gasteiger partial charge is 0.322 e. The van der Waals surface area contributed by atoms with Crippen LogP contribution in [-0.4, -0.2) is 15.0 Å². The Balaban J connectivity index is 1.95. The predicted octanol–water partition coefficient (Wildman–Crippen LogP) is 2.41. The fourth-order valence-electron chi connectivity index (χ4n) is 2.43. The third-order valence-corrected chi connectivity index (χ3v) is 3.71. The van der Waals surface area contributed by atoms with Crippen LogP contribution in [0.2, 0.25) is 0 Å². The highest BCUT2D eigenvalue weighted by molar-refractivity contribution is 6.05. The predicted molar refractivity (Wildman–Crippen MR) is 82.5 cm³/mol. The van der Waals surface area contributed by atoms with Gasteiger partial charge in [0.1, 0.15) is 0 Å². The molecule has 7 heteroatoms. The number of aromatic nitrogens is 2. The molecule has 1 N–H and O–H groups in total. The van der Waals surface area contributed by atoms with Gasteiger partial charge in [-0.2, -0.15) is 0 Å². The molecule has 0 unspecified atom stereocenters. The van der Waals surface area contributed by atoms with E-state index in [4.69, 9.17) is 0 Å². The number of imidazole rings is 1. The third-order valence-electron chi connectivity index (χ3n) is 3.71. The lowest BCUT2D eigenvalue weighted by atomic mass is 10.2. The molecule has 118 valence electrons. The highest BCUT2D eigenvalue weighted by Crippen LogP contribution is 2.18. The number of nitrogens with zero attached hydrogens (tertiary/aromatic N) is 2. The quantitative estimate of drug-likeness (QED) is 0.789. The average molecular weight is 317 g/mol. The van der Waals surface area contributed by atoms with E-state index in [1.165, 1.54) is 15.2 Å². The van der Waals surface area contributed by atoms with E-state index in [0.717, 1.165) is 17.6 Å². The maximum atomic E-state index is 13.2. The molecule has 0 aliphatic rings. The number of hydrogen-bond acceptors (Lipinski definition) is 2. The molecule has 1 aromatic heterocycles. The zero-order chi connectivity index (χ0) is 16.7. The van der Waals surface area contributed by atoms with Gasteiger partial charge in [0.2, 0.25) is 0 Å². The number of carbonyl (C=O) groups is 1. The van der Waals surface area contributed by atoms with Crippen molar-refractivity contribution in [3.63, 3.8) is 0 Å². The van der Waals surface area contributed by atoms with E-state index in [1.54, 1.807) is 32.3 Å². The molecule has 5 nitrogen and oxygen atoms in total. The molecule has 1 amide bonds. The first-order valence-corrected chi connectivity index (χ1v) is 6.80. The van der Waals surface area contributed by atoms with Crippen molar-refractivity contribution in [2.75, 3.05) is 5.32 Å². The summed E-state index contributed by atoms with van der Waals surface area (Å²) >= 11 is 0. The molecule has 1 heterocycles. The normalized spacial score (nSPS) is 11.0. The van der Waals surface area contributed by atoms with Gasteiger partial charge in [-0.3, -0.25) is 13.9 Å². The second kappa shape index (κ2) is 5.35. The monoisotopic (exact) mass is 317 g/mol. The van der Waals surface area contributed by atoms with Gasteiger partial charge in [-0.1, -0.05) is 0 Å². The van der Waals surface area contributed by atoms with Gasteiger partial charge in [0.15, 0.2) is 11.6 Å².